The van der Waals surface area contributed by atoms with Gasteiger partial charge in [0.05, 0.1) is 12.3 Å². The van der Waals surface area contributed by atoms with Gasteiger partial charge in [-0.2, -0.15) is 0 Å². The zero-order chi connectivity index (χ0) is 15.2. The highest BCUT2D eigenvalue weighted by atomic mass is 16.5. The zero-order valence-corrected chi connectivity index (χ0v) is 13.0. The first-order chi connectivity index (χ1) is 10.1. The van der Waals surface area contributed by atoms with E-state index in [2.05, 4.69) is 20.2 Å². The minimum absolute atomic E-state index is 0.140. The molecule has 2 rings (SSSR count). The van der Waals surface area contributed by atoms with Crippen molar-refractivity contribution in [1.29, 1.82) is 0 Å². The Morgan fingerprint density at radius 1 is 1.38 bits per heavy atom. The minimum Gasteiger partial charge on any atom is -0.468 e. The molecule has 2 aromatic rings. The van der Waals surface area contributed by atoms with Crippen LogP contribution in [0.2, 0.25) is 0 Å². The van der Waals surface area contributed by atoms with E-state index in [9.17, 15) is 0 Å². The number of ether oxygens (including phenoxy) is 1. The molecule has 0 fully saturated rings. The SMILES string of the molecule is COCc1nc(C)cc(NCC(c2ccco2)N(C)C)n1. The first kappa shape index (κ1) is 15.5. The maximum absolute atomic E-state index is 5.50. The van der Waals surface area contributed by atoms with Crippen LogP contribution in [0.1, 0.15) is 23.3 Å². The summed E-state index contributed by atoms with van der Waals surface area (Å²) in [6.07, 6.45) is 1.69. The van der Waals surface area contributed by atoms with Gasteiger partial charge < -0.3 is 14.5 Å². The van der Waals surface area contributed by atoms with Crippen LogP contribution in [0.5, 0.6) is 0 Å². The molecule has 0 saturated heterocycles. The van der Waals surface area contributed by atoms with Crippen LogP contribution in [0.15, 0.2) is 28.9 Å². The molecule has 21 heavy (non-hydrogen) atoms. The highest BCUT2D eigenvalue weighted by Gasteiger charge is 2.17. The van der Waals surface area contributed by atoms with Crippen LogP contribution < -0.4 is 5.32 Å². The van der Waals surface area contributed by atoms with Crippen molar-refractivity contribution in [1.82, 2.24) is 14.9 Å². The second kappa shape index (κ2) is 7.19. The third-order valence-corrected chi connectivity index (χ3v) is 3.15. The van der Waals surface area contributed by atoms with Gasteiger partial charge in [-0.3, -0.25) is 4.90 Å². The van der Waals surface area contributed by atoms with E-state index in [1.165, 1.54) is 0 Å². The summed E-state index contributed by atoms with van der Waals surface area (Å²) < 4.78 is 10.6. The Balaban J connectivity index is 2.07. The number of aryl methyl sites for hydroxylation is 1. The maximum atomic E-state index is 5.50. The second-order valence-electron chi connectivity index (χ2n) is 5.12. The van der Waals surface area contributed by atoms with Gasteiger partial charge in [0.25, 0.3) is 0 Å². The van der Waals surface area contributed by atoms with E-state index >= 15 is 0 Å². The Morgan fingerprint density at radius 2 is 2.19 bits per heavy atom. The van der Waals surface area contributed by atoms with E-state index < -0.39 is 0 Å². The van der Waals surface area contributed by atoms with Gasteiger partial charge in [-0.15, -0.1) is 0 Å². The molecule has 0 amide bonds. The van der Waals surface area contributed by atoms with Crippen molar-refractivity contribution >= 4 is 5.82 Å². The van der Waals surface area contributed by atoms with Crippen LogP contribution in [0.25, 0.3) is 0 Å². The molecule has 0 radical (unpaired) electrons. The fourth-order valence-corrected chi connectivity index (χ4v) is 2.13. The Kier molecular flexibility index (Phi) is 5.30. The molecule has 1 atom stereocenters. The molecule has 0 saturated carbocycles. The lowest BCUT2D eigenvalue weighted by Gasteiger charge is -2.23. The Hall–Kier alpha value is -1.92. The van der Waals surface area contributed by atoms with E-state index in [0.29, 0.717) is 19.0 Å². The second-order valence-corrected chi connectivity index (χ2v) is 5.12. The predicted octanol–water partition coefficient (Wildman–Crippen LogP) is 2.24. The van der Waals surface area contributed by atoms with Crippen LogP contribution in [0, 0.1) is 6.92 Å². The highest BCUT2D eigenvalue weighted by Crippen LogP contribution is 2.19. The van der Waals surface area contributed by atoms with E-state index in [4.69, 9.17) is 9.15 Å². The van der Waals surface area contributed by atoms with E-state index in [0.717, 1.165) is 17.3 Å². The van der Waals surface area contributed by atoms with Crippen molar-refractivity contribution in [2.45, 2.75) is 19.6 Å². The molecule has 2 heterocycles. The van der Waals surface area contributed by atoms with E-state index in [1.54, 1.807) is 13.4 Å². The molecule has 1 unspecified atom stereocenters. The lowest BCUT2D eigenvalue weighted by atomic mass is 10.2. The fraction of sp³-hybridized carbons (Fsp3) is 0.467. The van der Waals surface area contributed by atoms with Gasteiger partial charge in [-0.05, 0) is 33.2 Å². The van der Waals surface area contributed by atoms with Crippen LogP contribution in [0.4, 0.5) is 5.82 Å². The monoisotopic (exact) mass is 290 g/mol. The van der Waals surface area contributed by atoms with Crippen molar-refractivity contribution < 1.29 is 9.15 Å². The van der Waals surface area contributed by atoms with Gasteiger partial charge in [0.15, 0.2) is 5.82 Å². The van der Waals surface area contributed by atoms with Crippen LogP contribution >= 0.6 is 0 Å². The molecule has 6 nitrogen and oxygen atoms in total. The molecule has 1 N–H and O–H groups in total. The molecule has 0 aromatic carbocycles. The number of aromatic nitrogens is 2. The first-order valence-electron chi connectivity index (χ1n) is 6.87. The molecule has 114 valence electrons. The number of methoxy groups -OCH3 is 1. The largest absolute Gasteiger partial charge is 0.468 e. The van der Waals surface area contributed by atoms with Crippen LogP contribution in [0.3, 0.4) is 0 Å². The third kappa shape index (κ3) is 4.27. The Bertz CT molecular complexity index is 555. The van der Waals surface area contributed by atoms with Crippen molar-refractivity contribution in [2.75, 3.05) is 33.1 Å². The molecule has 2 aromatic heterocycles. The number of hydrogen-bond acceptors (Lipinski definition) is 6. The van der Waals surface area contributed by atoms with Crippen molar-refractivity contribution in [3.63, 3.8) is 0 Å². The number of nitrogens with zero attached hydrogens (tertiary/aromatic N) is 3. The lowest BCUT2D eigenvalue weighted by Crippen LogP contribution is -2.26. The molecular formula is C15H22N4O2. The van der Waals surface area contributed by atoms with E-state index in [-0.39, 0.29) is 6.04 Å². The number of hydrogen-bond donors (Lipinski definition) is 1. The Morgan fingerprint density at radius 3 is 2.81 bits per heavy atom. The number of nitrogens with one attached hydrogen (secondary N) is 1. The third-order valence-electron chi connectivity index (χ3n) is 3.15. The van der Waals surface area contributed by atoms with Crippen LogP contribution in [-0.2, 0) is 11.3 Å². The summed E-state index contributed by atoms with van der Waals surface area (Å²) in [7, 11) is 5.69. The molecular weight excluding hydrogens is 268 g/mol. The van der Waals surface area contributed by atoms with Gasteiger partial charge in [-0.25, -0.2) is 9.97 Å². The van der Waals surface area contributed by atoms with Crippen molar-refractivity contribution in [3.05, 3.63) is 41.7 Å². The normalized spacial score (nSPS) is 12.6. The van der Waals surface area contributed by atoms with Gasteiger partial charge in [0.1, 0.15) is 18.2 Å². The Labute approximate surface area is 125 Å². The average molecular weight is 290 g/mol. The smallest absolute Gasteiger partial charge is 0.156 e. The number of furan rings is 1. The summed E-state index contributed by atoms with van der Waals surface area (Å²) in [5, 5.41) is 3.35. The molecule has 0 aliphatic rings. The van der Waals surface area contributed by atoms with Crippen molar-refractivity contribution in [3.8, 4) is 0 Å². The minimum atomic E-state index is 0.140. The quantitative estimate of drug-likeness (QED) is 0.843. The highest BCUT2D eigenvalue weighted by molar-refractivity contribution is 5.36. The molecule has 0 spiro atoms. The summed E-state index contributed by atoms with van der Waals surface area (Å²) in [6.45, 7) is 3.05. The van der Waals surface area contributed by atoms with Crippen LogP contribution in [-0.4, -0.2) is 42.6 Å². The van der Waals surface area contributed by atoms with Gasteiger partial charge in [0.2, 0.25) is 0 Å². The first-order valence-corrected chi connectivity index (χ1v) is 6.87. The average Bonchev–Trinajstić information content (AvgIpc) is 2.92. The molecule has 0 aliphatic heterocycles. The van der Waals surface area contributed by atoms with E-state index in [1.807, 2.05) is 39.2 Å². The molecule has 6 heteroatoms. The summed E-state index contributed by atoms with van der Waals surface area (Å²) in [5.74, 6) is 2.41. The van der Waals surface area contributed by atoms with Gasteiger partial charge in [-0.1, -0.05) is 0 Å². The summed E-state index contributed by atoms with van der Waals surface area (Å²) >= 11 is 0. The van der Waals surface area contributed by atoms with Crippen molar-refractivity contribution in [2.24, 2.45) is 0 Å². The summed E-state index contributed by atoms with van der Waals surface area (Å²) in [4.78, 5) is 10.9. The standard InChI is InChI=1S/C15H22N4O2/c1-11-8-14(18-15(17-11)10-20-4)16-9-12(19(2)3)13-6-5-7-21-13/h5-8,12H,9-10H2,1-4H3,(H,16,17,18). The summed E-state index contributed by atoms with van der Waals surface area (Å²) in [5.41, 5.74) is 0.916. The van der Waals surface area contributed by atoms with Gasteiger partial charge in [0, 0.05) is 25.4 Å². The maximum Gasteiger partial charge on any atom is 0.156 e. The molecule has 0 aliphatic carbocycles. The number of rotatable bonds is 7. The fourth-order valence-electron chi connectivity index (χ4n) is 2.13. The van der Waals surface area contributed by atoms with Gasteiger partial charge >= 0.3 is 0 Å². The number of anilines is 1. The lowest BCUT2D eigenvalue weighted by molar-refractivity contribution is 0.177. The number of likely N-dealkylation sites (N-methyl/N-ethyl adjacent to an activating group) is 1. The summed E-state index contributed by atoms with van der Waals surface area (Å²) in [6, 6.07) is 5.94. The molecule has 0 bridgehead atoms. The topological polar surface area (TPSA) is 63.4 Å². The predicted molar refractivity (Wildman–Crippen MR) is 81.1 cm³/mol. The zero-order valence-electron chi connectivity index (χ0n) is 13.0.